The molecule has 0 aromatic heterocycles. The molecule has 3 nitrogen and oxygen atoms in total. The first kappa shape index (κ1) is 16.5. The van der Waals surface area contributed by atoms with E-state index in [9.17, 15) is 9.65 Å². The zero-order chi connectivity index (χ0) is 16.8. The molecular formula is C20H22FN3. The molecule has 0 unspecified atom stereocenters. The van der Waals surface area contributed by atoms with Gasteiger partial charge in [-0.15, -0.1) is 0 Å². The van der Waals surface area contributed by atoms with Crippen molar-refractivity contribution >= 4 is 5.69 Å². The van der Waals surface area contributed by atoms with Gasteiger partial charge in [0.1, 0.15) is 17.4 Å². The number of hydrogen-bond acceptors (Lipinski definition) is 3. The van der Waals surface area contributed by atoms with E-state index in [-0.39, 0.29) is 5.56 Å². The number of nitrogens with zero attached hydrogens (tertiary/aromatic N) is 3. The van der Waals surface area contributed by atoms with Crippen molar-refractivity contribution in [2.24, 2.45) is 0 Å². The van der Waals surface area contributed by atoms with E-state index in [4.69, 9.17) is 0 Å². The maximum Gasteiger partial charge on any atom is 0.143 e. The molecule has 3 rings (SSSR count). The highest BCUT2D eigenvalue weighted by Crippen LogP contribution is 2.23. The Hall–Kier alpha value is -2.38. The van der Waals surface area contributed by atoms with E-state index in [1.165, 1.54) is 11.6 Å². The van der Waals surface area contributed by atoms with Crippen molar-refractivity contribution in [1.82, 2.24) is 4.90 Å². The Labute approximate surface area is 142 Å². The van der Waals surface area contributed by atoms with Crippen molar-refractivity contribution in [2.45, 2.75) is 12.8 Å². The lowest BCUT2D eigenvalue weighted by Crippen LogP contribution is -2.47. The van der Waals surface area contributed by atoms with Crippen molar-refractivity contribution in [1.29, 1.82) is 5.26 Å². The van der Waals surface area contributed by atoms with Crippen molar-refractivity contribution in [2.75, 3.05) is 37.6 Å². The molecule has 0 atom stereocenters. The fraction of sp³-hybridized carbons (Fsp3) is 0.350. The summed E-state index contributed by atoms with van der Waals surface area (Å²) in [7, 11) is 0. The molecule has 0 amide bonds. The molecule has 0 N–H and O–H groups in total. The number of piperazine rings is 1. The van der Waals surface area contributed by atoms with Crippen molar-refractivity contribution in [3.05, 3.63) is 65.5 Å². The largest absolute Gasteiger partial charge is 0.368 e. The molecule has 0 saturated carbocycles. The fourth-order valence-electron chi connectivity index (χ4n) is 3.25. The van der Waals surface area contributed by atoms with E-state index in [0.29, 0.717) is 0 Å². The van der Waals surface area contributed by atoms with E-state index < -0.39 is 5.82 Å². The Kier molecular flexibility index (Phi) is 5.45. The predicted molar refractivity (Wildman–Crippen MR) is 94.5 cm³/mol. The van der Waals surface area contributed by atoms with Gasteiger partial charge in [-0.05, 0) is 37.1 Å². The normalized spacial score (nSPS) is 15.2. The number of anilines is 1. The fourth-order valence-corrected chi connectivity index (χ4v) is 3.25. The standard InChI is InChI=1S/C20H22FN3/c21-19-9-4-10-20(18(19)16-22)24-14-12-23(13-15-24)11-5-8-17-6-2-1-3-7-17/h1-4,6-7,9-10H,5,8,11-15H2. The molecule has 1 fully saturated rings. The van der Waals surface area contributed by atoms with Gasteiger partial charge in [-0.1, -0.05) is 36.4 Å². The predicted octanol–water partition coefficient (Wildman–Crippen LogP) is 3.45. The lowest BCUT2D eigenvalue weighted by molar-refractivity contribution is 0.255. The van der Waals surface area contributed by atoms with Crippen LogP contribution in [0, 0.1) is 17.1 Å². The molecule has 0 spiro atoms. The second-order valence-corrected chi connectivity index (χ2v) is 6.16. The highest BCUT2D eigenvalue weighted by Gasteiger charge is 2.20. The van der Waals surface area contributed by atoms with Crippen LogP contribution < -0.4 is 4.90 Å². The SMILES string of the molecule is N#Cc1c(F)cccc1N1CCN(CCCc2ccccc2)CC1. The van der Waals surface area contributed by atoms with Gasteiger partial charge in [-0.25, -0.2) is 4.39 Å². The van der Waals surface area contributed by atoms with E-state index in [2.05, 4.69) is 34.1 Å². The summed E-state index contributed by atoms with van der Waals surface area (Å²) in [4.78, 5) is 4.57. The first-order chi connectivity index (χ1) is 11.8. The Bertz CT molecular complexity index is 701. The van der Waals surface area contributed by atoms with Crippen molar-refractivity contribution in [3.8, 4) is 6.07 Å². The zero-order valence-electron chi connectivity index (χ0n) is 13.8. The summed E-state index contributed by atoms with van der Waals surface area (Å²) in [5.74, 6) is -0.430. The Balaban J connectivity index is 1.50. The van der Waals surface area contributed by atoms with Crippen LogP contribution in [0.1, 0.15) is 17.5 Å². The average molecular weight is 323 g/mol. The number of hydrogen-bond donors (Lipinski definition) is 0. The number of benzene rings is 2. The number of nitriles is 1. The minimum atomic E-state index is -0.430. The van der Waals surface area contributed by atoms with E-state index in [0.717, 1.165) is 51.3 Å². The topological polar surface area (TPSA) is 30.3 Å². The van der Waals surface area contributed by atoms with Crippen LogP contribution >= 0.6 is 0 Å². The van der Waals surface area contributed by atoms with Crippen LogP contribution in [-0.4, -0.2) is 37.6 Å². The Morgan fingerprint density at radius 1 is 0.958 bits per heavy atom. The van der Waals surface area contributed by atoms with Gasteiger partial charge >= 0.3 is 0 Å². The molecule has 124 valence electrons. The third kappa shape index (κ3) is 3.93. The lowest BCUT2D eigenvalue weighted by atomic mass is 10.1. The van der Waals surface area contributed by atoms with Crippen LogP contribution in [0.4, 0.5) is 10.1 Å². The molecule has 0 radical (unpaired) electrons. The molecule has 1 saturated heterocycles. The smallest absolute Gasteiger partial charge is 0.143 e. The molecule has 0 aliphatic carbocycles. The summed E-state index contributed by atoms with van der Waals surface area (Å²) >= 11 is 0. The Morgan fingerprint density at radius 3 is 2.42 bits per heavy atom. The lowest BCUT2D eigenvalue weighted by Gasteiger charge is -2.36. The van der Waals surface area contributed by atoms with Crippen LogP contribution in [0.15, 0.2) is 48.5 Å². The van der Waals surface area contributed by atoms with Crippen LogP contribution in [0.2, 0.25) is 0 Å². The summed E-state index contributed by atoms with van der Waals surface area (Å²) in [5, 5.41) is 9.18. The van der Waals surface area contributed by atoms with E-state index in [1.807, 2.05) is 18.2 Å². The Morgan fingerprint density at radius 2 is 1.71 bits per heavy atom. The van der Waals surface area contributed by atoms with Gasteiger partial charge in [-0.2, -0.15) is 5.26 Å². The molecule has 1 aliphatic rings. The van der Waals surface area contributed by atoms with Gasteiger partial charge in [0.25, 0.3) is 0 Å². The van der Waals surface area contributed by atoms with Crippen molar-refractivity contribution in [3.63, 3.8) is 0 Å². The zero-order valence-corrected chi connectivity index (χ0v) is 13.8. The molecule has 1 heterocycles. The highest BCUT2D eigenvalue weighted by atomic mass is 19.1. The van der Waals surface area contributed by atoms with Gasteiger partial charge in [0, 0.05) is 26.2 Å². The second kappa shape index (κ2) is 7.94. The molecule has 1 aliphatic heterocycles. The first-order valence-electron chi connectivity index (χ1n) is 8.48. The highest BCUT2D eigenvalue weighted by molar-refractivity contribution is 5.60. The van der Waals surface area contributed by atoms with Gasteiger partial charge in [0.2, 0.25) is 0 Å². The summed E-state index contributed by atoms with van der Waals surface area (Å²) in [6.07, 6.45) is 2.25. The summed E-state index contributed by atoms with van der Waals surface area (Å²) in [6, 6.07) is 17.4. The van der Waals surface area contributed by atoms with E-state index >= 15 is 0 Å². The third-order valence-electron chi connectivity index (χ3n) is 4.60. The molecule has 24 heavy (non-hydrogen) atoms. The second-order valence-electron chi connectivity index (χ2n) is 6.16. The number of aryl methyl sites for hydroxylation is 1. The number of rotatable bonds is 5. The molecule has 2 aromatic rings. The maximum atomic E-state index is 13.8. The molecule has 0 bridgehead atoms. The monoisotopic (exact) mass is 323 g/mol. The first-order valence-corrected chi connectivity index (χ1v) is 8.48. The third-order valence-corrected chi connectivity index (χ3v) is 4.60. The molecule has 2 aromatic carbocycles. The minimum absolute atomic E-state index is 0.162. The van der Waals surface area contributed by atoms with Gasteiger partial charge < -0.3 is 4.90 Å². The van der Waals surface area contributed by atoms with Crippen LogP contribution in [0.25, 0.3) is 0 Å². The van der Waals surface area contributed by atoms with Crippen LogP contribution in [-0.2, 0) is 6.42 Å². The molecule has 4 heteroatoms. The maximum absolute atomic E-state index is 13.8. The van der Waals surface area contributed by atoms with Gasteiger partial charge in [0.15, 0.2) is 0 Å². The average Bonchev–Trinajstić information content (AvgIpc) is 2.63. The van der Waals surface area contributed by atoms with E-state index in [1.54, 1.807) is 6.07 Å². The van der Waals surface area contributed by atoms with Gasteiger partial charge in [-0.3, -0.25) is 4.90 Å². The summed E-state index contributed by atoms with van der Waals surface area (Å²) < 4.78 is 13.8. The minimum Gasteiger partial charge on any atom is -0.368 e. The molecular weight excluding hydrogens is 301 g/mol. The van der Waals surface area contributed by atoms with Gasteiger partial charge in [0.05, 0.1) is 5.69 Å². The summed E-state index contributed by atoms with van der Waals surface area (Å²) in [5.41, 5.74) is 2.27. The number of halogens is 1. The van der Waals surface area contributed by atoms with Crippen molar-refractivity contribution < 1.29 is 4.39 Å². The van der Waals surface area contributed by atoms with Crippen LogP contribution in [0.5, 0.6) is 0 Å². The van der Waals surface area contributed by atoms with Crippen LogP contribution in [0.3, 0.4) is 0 Å². The quantitative estimate of drug-likeness (QED) is 0.844. The summed E-state index contributed by atoms with van der Waals surface area (Å²) in [6.45, 7) is 4.66.